The molecule has 1 aromatic heterocycles. The molecule has 1 aliphatic heterocycles. The van der Waals surface area contributed by atoms with Crippen molar-refractivity contribution in [2.24, 2.45) is 0 Å². The van der Waals surface area contributed by atoms with Gasteiger partial charge in [-0.1, -0.05) is 17.3 Å². The van der Waals surface area contributed by atoms with Crippen LogP contribution in [0.1, 0.15) is 29.1 Å². The molecule has 0 saturated carbocycles. The minimum atomic E-state index is -0.339. The van der Waals surface area contributed by atoms with Crippen LogP contribution >= 0.6 is 0 Å². The zero-order valence-corrected chi connectivity index (χ0v) is 18.4. The van der Waals surface area contributed by atoms with Crippen LogP contribution in [0, 0.1) is 5.82 Å². The lowest BCUT2D eigenvalue weighted by Gasteiger charge is -2.22. The smallest absolute Gasteiger partial charge is 0.257 e. The van der Waals surface area contributed by atoms with E-state index in [0.717, 1.165) is 0 Å². The molecule has 0 radical (unpaired) electrons. The summed E-state index contributed by atoms with van der Waals surface area (Å²) < 4.78 is 23.6. The molecular weight excluding hydrogens is 427 g/mol. The van der Waals surface area contributed by atoms with E-state index in [1.54, 1.807) is 41.2 Å². The molecule has 2 heterocycles. The standard InChI is InChI=1S/C24H25FN4O4/c1-32-20-6-3-2-5-19(20)24(31)29-14-4-13-28(15-16-29)22(30)12-11-21-26-23(27-33-21)17-7-9-18(25)10-8-17/h2-3,5-10H,4,11-16H2,1H3. The second kappa shape index (κ2) is 10.2. The molecule has 9 heteroatoms. The van der Waals surface area contributed by atoms with Crippen LogP contribution in [0.3, 0.4) is 0 Å². The summed E-state index contributed by atoms with van der Waals surface area (Å²) in [6, 6.07) is 13.0. The quantitative estimate of drug-likeness (QED) is 0.571. The highest BCUT2D eigenvalue weighted by atomic mass is 19.1. The summed E-state index contributed by atoms with van der Waals surface area (Å²) in [5.41, 5.74) is 1.16. The van der Waals surface area contributed by atoms with Crippen LogP contribution in [0.4, 0.5) is 4.39 Å². The number of amides is 2. The predicted octanol–water partition coefficient (Wildman–Crippen LogP) is 3.19. The molecule has 1 saturated heterocycles. The first-order chi connectivity index (χ1) is 16.0. The number of carbonyl (C=O) groups is 2. The summed E-state index contributed by atoms with van der Waals surface area (Å²) in [7, 11) is 1.54. The van der Waals surface area contributed by atoms with E-state index in [1.165, 1.54) is 12.1 Å². The lowest BCUT2D eigenvalue weighted by Crippen LogP contribution is -2.37. The van der Waals surface area contributed by atoms with Gasteiger partial charge in [-0.15, -0.1) is 0 Å². The molecule has 172 valence electrons. The maximum absolute atomic E-state index is 13.1. The Morgan fingerprint density at radius 1 is 1.03 bits per heavy atom. The highest BCUT2D eigenvalue weighted by Gasteiger charge is 2.24. The normalized spacial score (nSPS) is 14.1. The molecule has 3 aromatic rings. The van der Waals surface area contributed by atoms with Gasteiger partial charge in [-0.05, 0) is 42.8 Å². The molecule has 0 N–H and O–H groups in total. The van der Waals surface area contributed by atoms with Gasteiger partial charge in [0.05, 0.1) is 12.7 Å². The molecule has 8 nitrogen and oxygen atoms in total. The van der Waals surface area contributed by atoms with Crippen molar-refractivity contribution in [3.8, 4) is 17.1 Å². The average molecular weight is 452 g/mol. The third-order valence-electron chi connectivity index (χ3n) is 5.60. The fourth-order valence-electron chi connectivity index (χ4n) is 3.81. The van der Waals surface area contributed by atoms with Crippen molar-refractivity contribution in [1.82, 2.24) is 19.9 Å². The maximum atomic E-state index is 13.1. The Bertz CT molecular complexity index is 1120. The Morgan fingerprint density at radius 3 is 2.55 bits per heavy atom. The number of hydrogen-bond donors (Lipinski definition) is 0. The van der Waals surface area contributed by atoms with Gasteiger partial charge in [0.15, 0.2) is 0 Å². The molecule has 33 heavy (non-hydrogen) atoms. The Kier molecular flexibility index (Phi) is 6.97. The number of nitrogens with zero attached hydrogens (tertiary/aromatic N) is 4. The van der Waals surface area contributed by atoms with E-state index >= 15 is 0 Å². The number of hydrogen-bond acceptors (Lipinski definition) is 6. The van der Waals surface area contributed by atoms with E-state index in [2.05, 4.69) is 10.1 Å². The first-order valence-electron chi connectivity index (χ1n) is 10.8. The lowest BCUT2D eigenvalue weighted by atomic mass is 10.1. The number of benzene rings is 2. The predicted molar refractivity (Wildman–Crippen MR) is 118 cm³/mol. The second-order valence-corrected chi connectivity index (χ2v) is 7.75. The molecule has 2 amide bonds. The molecule has 0 aliphatic carbocycles. The van der Waals surface area contributed by atoms with Crippen LogP contribution in [-0.2, 0) is 11.2 Å². The summed E-state index contributed by atoms with van der Waals surface area (Å²) in [4.78, 5) is 33.5. The molecule has 0 spiro atoms. The van der Waals surface area contributed by atoms with Crippen LogP contribution in [-0.4, -0.2) is 65.0 Å². The Labute approximate surface area is 190 Å². The van der Waals surface area contributed by atoms with Gasteiger partial charge >= 0.3 is 0 Å². The molecule has 1 fully saturated rings. The van der Waals surface area contributed by atoms with Crippen LogP contribution < -0.4 is 4.74 Å². The number of aromatic nitrogens is 2. The number of para-hydroxylation sites is 1. The van der Waals surface area contributed by atoms with Crippen molar-refractivity contribution >= 4 is 11.8 Å². The Hall–Kier alpha value is -3.75. The number of halogens is 1. The van der Waals surface area contributed by atoms with Crippen LogP contribution in [0.2, 0.25) is 0 Å². The van der Waals surface area contributed by atoms with E-state index in [9.17, 15) is 14.0 Å². The molecular formula is C24H25FN4O4. The number of aryl methyl sites for hydroxylation is 1. The Morgan fingerprint density at radius 2 is 1.76 bits per heavy atom. The lowest BCUT2D eigenvalue weighted by molar-refractivity contribution is -0.131. The summed E-state index contributed by atoms with van der Waals surface area (Å²) >= 11 is 0. The van der Waals surface area contributed by atoms with Gasteiger partial charge < -0.3 is 19.1 Å². The van der Waals surface area contributed by atoms with Gasteiger partial charge in [-0.25, -0.2) is 4.39 Å². The minimum Gasteiger partial charge on any atom is -0.496 e. The third kappa shape index (κ3) is 5.36. The van der Waals surface area contributed by atoms with Crippen molar-refractivity contribution < 1.29 is 23.2 Å². The number of carbonyl (C=O) groups excluding carboxylic acids is 2. The van der Waals surface area contributed by atoms with Gasteiger partial charge in [-0.2, -0.15) is 4.98 Å². The summed E-state index contributed by atoms with van der Waals surface area (Å²) in [5, 5.41) is 3.91. The maximum Gasteiger partial charge on any atom is 0.257 e. The van der Waals surface area contributed by atoms with Crippen LogP contribution in [0.15, 0.2) is 53.1 Å². The number of ether oxygens (including phenoxy) is 1. The SMILES string of the molecule is COc1ccccc1C(=O)N1CCCN(C(=O)CCc2nc(-c3ccc(F)cc3)no2)CC1. The molecule has 0 atom stereocenters. The highest BCUT2D eigenvalue weighted by Crippen LogP contribution is 2.21. The molecule has 1 aliphatic rings. The topological polar surface area (TPSA) is 88.8 Å². The zero-order valence-electron chi connectivity index (χ0n) is 18.4. The summed E-state index contributed by atoms with van der Waals surface area (Å²) in [6.45, 7) is 2.08. The minimum absolute atomic E-state index is 0.0249. The molecule has 0 bridgehead atoms. The Balaban J connectivity index is 1.31. The zero-order chi connectivity index (χ0) is 23.2. The number of methoxy groups -OCH3 is 1. The summed E-state index contributed by atoms with van der Waals surface area (Å²) in [6.07, 6.45) is 1.24. The average Bonchev–Trinajstić information content (AvgIpc) is 3.18. The molecule has 0 unspecified atom stereocenters. The highest BCUT2D eigenvalue weighted by molar-refractivity contribution is 5.97. The fourth-order valence-corrected chi connectivity index (χ4v) is 3.81. The van der Waals surface area contributed by atoms with Gasteiger partial charge in [0.2, 0.25) is 17.6 Å². The van der Waals surface area contributed by atoms with E-state index in [0.29, 0.717) is 67.6 Å². The summed E-state index contributed by atoms with van der Waals surface area (Å²) in [5.74, 6) is 0.792. The van der Waals surface area contributed by atoms with E-state index in [4.69, 9.17) is 9.26 Å². The van der Waals surface area contributed by atoms with Gasteiger partial charge in [-0.3, -0.25) is 9.59 Å². The largest absolute Gasteiger partial charge is 0.496 e. The van der Waals surface area contributed by atoms with Gasteiger partial charge in [0.1, 0.15) is 11.6 Å². The van der Waals surface area contributed by atoms with Crippen molar-refractivity contribution in [3.05, 3.63) is 65.8 Å². The molecule has 2 aromatic carbocycles. The first-order valence-corrected chi connectivity index (χ1v) is 10.8. The van der Waals surface area contributed by atoms with Crippen molar-refractivity contribution in [2.75, 3.05) is 33.3 Å². The molecule has 4 rings (SSSR count). The van der Waals surface area contributed by atoms with Crippen molar-refractivity contribution in [2.45, 2.75) is 19.3 Å². The monoisotopic (exact) mass is 452 g/mol. The first kappa shape index (κ1) is 22.4. The van der Waals surface area contributed by atoms with E-state index in [-0.39, 0.29) is 24.1 Å². The van der Waals surface area contributed by atoms with Crippen molar-refractivity contribution in [3.63, 3.8) is 0 Å². The van der Waals surface area contributed by atoms with E-state index in [1.807, 2.05) is 12.1 Å². The second-order valence-electron chi connectivity index (χ2n) is 7.75. The van der Waals surface area contributed by atoms with E-state index < -0.39 is 0 Å². The van der Waals surface area contributed by atoms with Gasteiger partial charge in [0.25, 0.3) is 5.91 Å². The number of rotatable bonds is 6. The van der Waals surface area contributed by atoms with Crippen molar-refractivity contribution in [1.29, 1.82) is 0 Å². The van der Waals surface area contributed by atoms with Crippen LogP contribution in [0.5, 0.6) is 5.75 Å². The fraction of sp³-hybridized carbons (Fsp3) is 0.333. The van der Waals surface area contributed by atoms with Crippen LogP contribution in [0.25, 0.3) is 11.4 Å². The third-order valence-corrected chi connectivity index (χ3v) is 5.60. The van der Waals surface area contributed by atoms with Gasteiger partial charge in [0, 0.05) is 44.6 Å².